The summed E-state index contributed by atoms with van der Waals surface area (Å²) in [5, 5.41) is 3.94. The molecular formula is C21H35N3O2S. The van der Waals surface area contributed by atoms with Gasteiger partial charge >= 0.3 is 0 Å². The second-order valence-corrected chi connectivity index (χ2v) is 9.54. The van der Waals surface area contributed by atoms with Crippen LogP contribution in [0.5, 0.6) is 0 Å². The molecule has 6 heteroatoms. The van der Waals surface area contributed by atoms with Crippen LogP contribution in [0.4, 0.5) is 5.82 Å². The van der Waals surface area contributed by atoms with Gasteiger partial charge in [-0.25, -0.2) is 4.98 Å². The fourth-order valence-electron chi connectivity index (χ4n) is 3.17. The second-order valence-electron chi connectivity index (χ2n) is 8.28. The van der Waals surface area contributed by atoms with Crippen molar-refractivity contribution >= 4 is 23.5 Å². The van der Waals surface area contributed by atoms with E-state index in [1.807, 2.05) is 13.0 Å². The largest absolute Gasteiger partial charge is 0.378 e. The van der Waals surface area contributed by atoms with E-state index in [1.165, 1.54) is 6.42 Å². The highest BCUT2D eigenvalue weighted by Gasteiger charge is 2.20. The van der Waals surface area contributed by atoms with Crippen molar-refractivity contribution in [3.8, 4) is 0 Å². The molecule has 5 nitrogen and oxygen atoms in total. The van der Waals surface area contributed by atoms with Crippen molar-refractivity contribution in [2.75, 3.05) is 43.5 Å². The predicted molar refractivity (Wildman–Crippen MR) is 114 cm³/mol. The number of rotatable bonds is 8. The van der Waals surface area contributed by atoms with E-state index in [2.05, 4.69) is 37.9 Å². The number of carbonyl (C=O) groups is 1. The van der Waals surface area contributed by atoms with Crippen LogP contribution in [0, 0.1) is 12.3 Å². The van der Waals surface area contributed by atoms with E-state index in [0.29, 0.717) is 5.41 Å². The topological polar surface area (TPSA) is 54.5 Å². The first-order valence-corrected chi connectivity index (χ1v) is 11.1. The van der Waals surface area contributed by atoms with Crippen molar-refractivity contribution in [2.45, 2.75) is 58.9 Å². The lowest BCUT2D eigenvalue weighted by atomic mass is 9.90. The second kappa shape index (κ2) is 10.3. The molecule has 0 spiro atoms. The third-order valence-electron chi connectivity index (χ3n) is 4.65. The first-order chi connectivity index (χ1) is 12.8. The van der Waals surface area contributed by atoms with Gasteiger partial charge in [-0.05, 0) is 42.6 Å². The summed E-state index contributed by atoms with van der Waals surface area (Å²) in [4.78, 5) is 19.9. The maximum Gasteiger partial charge on any atom is 0.254 e. The minimum atomic E-state index is 0.000219. The lowest BCUT2D eigenvalue weighted by Crippen LogP contribution is -2.37. The summed E-state index contributed by atoms with van der Waals surface area (Å²) < 4.78 is 5.44. The van der Waals surface area contributed by atoms with Crippen molar-refractivity contribution in [1.82, 2.24) is 10.3 Å². The van der Waals surface area contributed by atoms with Gasteiger partial charge in [0, 0.05) is 19.6 Å². The number of thioether (sulfide) groups is 1. The Morgan fingerprint density at radius 1 is 1.30 bits per heavy atom. The van der Waals surface area contributed by atoms with Crippen LogP contribution in [0.1, 0.15) is 62.9 Å². The number of nitrogens with one attached hydrogen (secondary N) is 1. The van der Waals surface area contributed by atoms with Crippen LogP contribution >= 0.6 is 11.8 Å². The Labute approximate surface area is 168 Å². The predicted octanol–water partition coefficient (Wildman–Crippen LogP) is 4.28. The van der Waals surface area contributed by atoms with Crippen LogP contribution in [-0.4, -0.2) is 49.5 Å². The van der Waals surface area contributed by atoms with Crippen LogP contribution in [0.15, 0.2) is 11.1 Å². The van der Waals surface area contributed by atoms with Crippen molar-refractivity contribution in [1.29, 1.82) is 0 Å². The number of hydrogen-bond acceptors (Lipinski definition) is 5. The molecule has 0 aromatic carbocycles. The fraction of sp³-hybridized carbons (Fsp3) is 0.714. The van der Waals surface area contributed by atoms with E-state index < -0.39 is 0 Å². The average molecular weight is 394 g/mol. The van der Waals surface area contributed by atoms with E-state index in [4.69, 9.17) is 9.72 Å². The molecule has 27 heavy (non-hydrogen) atoms. The minimum absolute atomic E-state index is 0.000219. The van der Waals surface area contributed by atoms with Crippen molar-refractivity contribution in [2.24, 2.45) is 5.41 Å². The zero-order chi connectivity index (χ0) is 19.9. The number of unbranched alkanes of at least 4 members (excludes halogenated alkanes) is 1. The van der Waals surface area contributed by atoms with Crippen LogP contribution in [0.3, 0.4) is 0 Å². The third-order valence-corrected chi connectivity index (χ3v) is 5.51. The van der Waals surface area contributed by atoms with Gasteiger partial charge in [-0.3, -0.25) is 4.79 Å². The minimum Gasteiger partial charge on any atom is -0.378 e. The summed E-state index contributed by atoms with van der Waals surface area (Å²) in [5.74, 6) is 1.85. The maximum absolute atomic E-state index is 12.8. The Bertz CT molecular complexity index is 623. The number of pyridine rings is 1. The number of aromatic nitrogens is 1. The lowest BCUT2D eigenvalue weighted by molar-refractivity contribution is 0.0948. The summed E-state index contributed by atoms with van der Waals surface area (Å²) in [5.41, 5.74) is 2.08. The van der Waals surface area contributed by atoms with Gasteiger partial charge < -0.3 is 15.0 Å². The molecule has 2 heterocycles. The van der Waals surface area contributed by atoms with Crippen LogP contribution in [-0.2, 0) is 4.74 Å². The zero-order valence-corrected chi connectivity index (χ0v) is 18.4. The molecule has 0 radical (unpaired) electrons. The van der Waals surface area contributed by atoms with Crippen LogP contribution in [0.2, 0.25) is 0 Å². The van der Waals surface area contributed by atoms with Gasteiger partial charge in [0.1, 0.15) is 10.8 Å². The number of carbonyl (C=O) groups excluding carboxylic acids is 1. The first kappa shape index (κ1) is 22.0. The highest BCUT2D eigenvalue weighted by atomic mass is 32.2. The number of amides is 1. The molecule has 1 aliphatic heterocycles. The van der Waals surface area contributed by atoms with E-state index in [-0.39, 0.29) is 5.91 Å². The number of anilines is 1. The van der Waals surface area contributed by atoms with E-state index in [9.17, 15) is 4.79 Å². The number of ether oxygens (including phenoxy) is 1. The summed E-state index contributed by atoms with van der Waals surface area (Å²) in [6, 6.07) is 2.04. The van der Waals surface area contributed by atoms with Crippen molar-refractivity contribution < 1.29 is 9.53 Å². The average Bonchev–Trinajstić information content (AvgIpc) is 2.61. The Balaban J connectivity index is 2.04. The van der Waals surface area contributed by atoms with Gasteiger partial charge in [-0.1, -0.05) is 34.1 Å². The molecule has 0 atom stereocenters. The molecule has 1 aliphatic rings. The molecule has 0 unspecified atom stereocenters. The zero-order valence-electron chi connectivity index (χ0n) is 17.6. The summed E-state index contributed by atoms with van der Waals surface area (Å²) in [6.45, 7) is 14.7. The molecule has 152 valence electrons. The highest BCUT2D eigenvalue weighted by Crippen LogP contribution is 2.28. The standard InChI is InChI=1S/C21H35N3O2S/c1-6-27-20-18(19(25)22-10-8-7-9-21(3,4)5)16(2)15-17(23-20)24-11-13-26-14-12-24/h15H,6-14H2,1-5H3,(H,22,25). The Morgan fingerprint density at radius 2 is 2.00 bits per heavy atom. The SMILES string of the molecule is CCSc1nc(N2CCOCC2)cc(C)c1C(=O)NCCCCC(C)(C)C. The Hall–Kier alpha value is -1.27. The van der Waals surface area contributed by atoms with Crippen molar-refractivity contribution in [3.63, 3.8) is 0 Å². The van der Waals surface area contributed by atoms with E-state index >= 15 is 0 Å². The molecule has 0 aliphatic carbocycles. The van der Waals surface area contributed by atoms with Gasteiger partial charge in [-0.2, -0.15) is 0 Å². The van der Waals surface area contributed by atoms with Gasteiger partial charge in [0.15, 0.2) is 0 Å². The van der Waals surface area contributed by atoms with E-state index in [1.54, 1.807) is 11.8 Å². The van der Waals surface area contributed by atoms with Gasteiger partial charge in [-0.15, -0.1) is 11.8 Å². The first-order valence-electron chi connectivity index (χ1n) is 10.1. The van der Waals surface area contributed by atoms with Crippen LogP contribution in [0.25, 0.3) is 0 Å². The van der Waals surface area contributed by atoms with Crippen molar-refractivity contribution in [3.05, 3.63) is 17.2 Å². The number of nitrogens with zero attached hydrogens (tertiary/aromatic N) is 2. The summed E-state index contributed by atoms with van der Waals surface area (Å²) in [6.07, 6.45) is 3.32. The normalized spacial score (nSPS) is 15.1. The van der Waals surface area contributed by atoms with Gasteiger partial charge in [0.2, 0.25) is 0 Å². The Morgan fingerprint density at radius 3 is 2.63 bits per heavy atom. The lowest BCUT2D eigenvalue weighted by Gasteiger charge is -2.29. The quantitative estimate of drug-likeness (QED) is 0.527. The molecule has 1 amide bonds. The summed E-state index contributed by atoms with van der Waals surface area (Å²) in [7, 11) is 0. The molecular weight excluding hydrogens is 358 g/mol. The molecule has 0 saturated carbocycles. The monoisotopic (exact) mass is 393 g/mol. The molecule has 1 fully saturated rings. The Kier molecular flexibility index (Phi) is 8.42. The molecule has 0 bridgehead atoms. The smallest absolute Gasteiger partial charge is 0.254 e. The number of hydrogen-bond donors (Lipinski definition) is 1. The molecule has 1 aromatic heterocycles. The van der Waals surface area contributed by atoms with Gasteiger partial charge in [0.25, 0.3) is 5.91 Å². The number of aryl methyl sites for hydroxylation is 1. The van der Waals surface area contributed by atoms with E-state index in [0.717, 1.165) is 73.4 Å². The molecule has 1 saturated heterocycles. The molecule has 1 N–H and O–H groups in total. The van der Waals surface area contributed by atoms with Crippen LogP contribution < -0.4 is 10.2 Å². The summed E-state index contributed by atoms with van der Waals surface area (Å²) >= 11 is 1.64. The maximum atomic E-state index is 12.8. The highest BCUT2D eigenvalue weighted by molar-refractivity contribution is 7.99. The molecule has 1 aromatic rings. The molecule has 2 rings (SSSR count). The van der Waals surface area contributed by atoms with Gasteiger partial charge in [0.05, 0.1) is 18.8 Å². The third kappa shape index (κ3) is 7.00. The fourth-order valence-corrected chi connectivity index (χ4v) is 4.00. The number of morpholine rings is 1.